The van der Waals surface area contributed by atoms with Crippen molar-refractivity contribution in [2.75, 3.05) is 0 Å². The van der Waals surface area contributed by atoms with Gasteiger partial charge in [-0.2, -0.15) is 0 Å². The van der Waals surface area contributed by atoms with Gasteiger partial charge in [-0.1, -0.05) is 63.1 Å². The smallest absolute Gasteiger partial charge is 0.221 e. The molecule has 21 heavy (non-hydrogen) atoms. The third-order valence-electron chi connectivity index (χ3n) is 2.78. The Balaban J connectivity index is 0.000000491. The van der Waals surface area contributed by atoms with Crippen molar-refractivity contribution in [3.05, 3.63) is 71.8 Å². The van der Waals surface area contributed by atoms with Gasteiger partial charge in [-0.05, 0) is 24.3 Å². The van der Waals surface area contributed by atoms with Crippen molar-refractivity contribution in [1.82, 2.24) is 0 Å². The molecule has 0 spiro atoms. The van der Waals surface area contributed by atoms with E-state index in [4.69, 9.17) is 15.6 Å². The molecule has 2 aromatic carbocycles. The van der Waals surface area contributed by atoms with Gasteiger partial charge >= 0.3 is 0 Å². The fourth-order valence-corrected chi connectivity index (χ4v) is 1.40. The van der Waals surface area contributed by atoms with Crippen molar-refractivity contribution < 1.29 is 4.74 Å². The second-order valence-electron chi connectivity index (χ2n) is 4.49. The fraction of sp³-hybridized carbons (Fsp3) is 0.222. The predicted octanol–water partition coefficient (Wildman–Crippen LogP) is 4.86. The maximum atomic E-state index is 7.75. The van der Waals surface area contributed by atoms with E-state index < -0.39 is 0 Å². The van der Waals surface area contributed by atoms with Gasteiger partial charge in [0, 0.05) is 11.1 Å². The van der Waals surface area contributed by atoms with Crippen LogP contribution in [-0.2, 0) is 4.74 Å². The molecule has 110 valence electrons. The first-order valence-corrected chi connectivity index (χ1v) is 7.14. The van der Waals surface area contributed by atoms with E-state index in [2.05, 4.69) is 13.8 Å². The molecule has 2 aromatic rings. The average molecular weight is 282 g/mol. The van der Waals surface area contributed by atoms with E-state index in [1.54, 1.807) is 24.3 Å². The van der Waals surface area contributed by atoms with Gasteiger partial charge in [0.25, 0.3) is 0 Å². The van der Waals surface area contributed by atoms with Crippen molar-refractivity contribution in [3.63, 3.8) is 0 Å². The van der Waals surface area contributed by atoms with Crippen molar-refractivity contribution in [2.24, 2.45) is 0 Å². The Kier molecular flexibility index (Phi) is 7.51. The van der Waals surface area contributed by atoms with Gasteiger partial charge in [-0.15, -0.1) is 0 Å². The highest BCUT2D eigenvalue weighted by Crippen LogP contribution is 2.05. The molecule has 0 saturated carbocycles. The van der Waals surface area contributed by atoms with E-state index in [1.807, 2.05) is 36.4 Å². The molecule has 0 aromatic heterocycles. The molecule has 2 rings (SSSR count). The van der Waals surface area contributed by atoms with Crippen LogP contribution in [0.2, 0.25) is 0 Å². The second-order valence-corrected chi connectivity index (χ2v) is 4.49. The van der Waals surface area contributed by atoms with E-state index in [0.29, 0.717) is 11.1 Å². The summed E-state index contributed by atoms with van der Waals surface area (Å²) in [6.07, 6.45) is 2.64. The molecule has 0 aliphatic heterocycles. The van der Waals surface area contributed by atoms with Crippen LogP contribution in [0.15, 0.2) is 60.7 Å². The Morgan fingerprint density at radius 2 is 1.05 bits per heavy atom. The zero-order valence-electron chi connectivity index (χ0n) is 12.6. The van der Waals surface area contributed by atoms with E-state index >= 15 is 0 Å². The van der Waals surface area contributed by atoms with Crippen LogP contribution in [0.4, 0.5) is 0 Å². The molecule has 0 heterocycles. The first kappa shape index (κ1) is 16.6. The standard InChI is InChI=1S/C14H12N2O.C4H10/c15-13(11-7-3-1-4-8-11)17-14(16)12-9-5-2-6-10-12;1-3-4-2/h1-10,15-16H;3-4H2,1-2H3. The summed E-state index contributed by atoms with van der Waals surface area (Å²) in [7, 11) is 0. The first-order chi connectivity index (χ1) is 10.2. The third kappa shape index (κ3) is 6.04. The van der Waals surface area contributed by atoms with Crippen LogP contribution in [0, 0.1) is 10.8 Å². The minimum atomic E-state index is -0.0144. The molecule has 0 bridgehead atoms. The summed E-state index contributed by atoms with van der Waals surface area (Å²) in [6, 6.07) is 18.2. The van der Waals surface area contributed by atoms with Crippen LogP contribution in [0.25, 0.3) is 0 Å². The number of hydrogen-bond acceptors (Lipinski definition) is 3. The molecule has 0 amide bonds. The zero-order valence-corrected chi connectivity index (χ0v) is 12.6. The molecular weight excluding hydrogens is 260 g/mol. The topological polar surface area (TPSA) is 56.9 Å². The van der Waals surface area contributed by atoms with Crippen LogP contribution in [0.3, 0.4) is 0 Å². The van der Waals surface area contributed by atoms with Crippen LogP contribution in [0.5, 0.6) is 0 Å². The molecule has 2 N–H and O–H groups in total. The molecule has 0 fully saturated rings. The first-order valence-electron chi connectivity index (χ1n) is 7.14. The van der Waals surface area contributed by atoms with Crippen LogP contribution in [-0.4, -0.2) is 11.8 Å². The van der Waals surface area contributed by atoms with E-state index in [0.717, 1.165) is 0 Å². The fourth-order valence-electron chi connectivity index (χ4n) is 1.40. The van der Waals surface area contributed by atoms with Gasteiger partial charge in [0.2, 0.25) is 11.8 Å². The number of benzene rings is 2. The minimum absolute atomic E-state index is 0.0144. The summed E-state index contributed by atoms with van der Waals surface area (Å²) in [6.45, 7) is 4.36. The van der Waals surface area contributed by atoms with Crippen molar-refractivity contribution in [3.8, 4) is 0 Å². The highest BCUT2D eigenvalue weighted by atomic mass is 16.5. The summed E-state index contributed by atoms with van der Waals surface area (Å²) in [4.78, 5) is 0. The van der Waals surface area contributed by atoms with Gasteiger partial charge < -0.3 is 4.74 Å². The van der Waals surface area contributed by atoms with Crippen molar-refractivity contribution in [2.45, 2.75) is 26.7 Å². The molecular formula is C18H22N2O. The number of hydrogen-bond donors (Lipinski definition) is 2. The average Bonchev–Trinajstić information content (AvgIpc) is 2.56. The summed E-state index contributed by atoms with van der Waals surface area (Å²) in [5, 5.41) is 15.5. The van der Waals surface area contributed by atoms with Crippen LogP contribution >= 0.6 is 0 Å². The van der Waals surface area contributed by atoms with Crippen LogP contribution in [0.1, 0.15) is 37.8 Å². The SMILES string of the molecule is CCCC.N=C(OC(=N)c1ccccc1)c1ccccc1. The van der Waals surface area contributed by atoms with Gasteiger partial charge in [-0.25, -0.2) is 0 Å². The summed E-state index contributed by atoms with van der Waals surface area (Å²) in [5.41, 5.74) is 1.32. The molecule has 0 atom stereocenters. The second kappa shape index (κ2) is 9.48. The summed E-state index contributed by atoms with van der Waals surface area (Å²) < 4.78 is 5.19. The van der Waals surface area contributed by atoms with Gasteiger partial charge in [0.1, 0.15) is 0 Å². The van der Waals surface area contributed by atoms with Gasteiger partial charge in [0.15, 0.2) is 0 Å². The van der Waals surface area contributed by atoms with Gasteiger partial charge in [-0.3, -0.25) is 10.8 Å². The number of rotatable bonds is 3. The van der Waals surface area contributed by atoms with E-state index in [1.165, 1.54) is 12.8 Å². The summed E-state index contributed by atoms with van der Waals surface area (Å²) >= 11 is 0. The van der Waals surface area contributed by atoms with Crippen LogP contribution < -0.4 is 0 Å². The molecule has 3 nitrogen and oxygen atoms in total. The lowest BCUT2D eigenvalue weighted by Crippen LogP contribution is -2.12. The highest BCUT2D eigenvalue weighted by molar-refractivity contribution is 6.04. The van der Waals surface area contributed by atoms with Gasteiger partial charge in [0.05, 0.1) is 0 Å². The predicted molar refractivity (Wildman–Crippen MR) is 88.2 cm³/mol. The molecule has 0 unspecified atom stereocenters. The Morgan fingerprint density at radius 1 is 0.714 bits per heavy atom. The Bertz CT molecular complexity index is 498. The maximum absolute atomic E-state index is 7.75. The Morgan fingerprint density at radius 3 is 1.33 bits per heavy atom. The third-order valence-corrected chi connectivity index (χ3v) is 2.78. The Hall–Kier alpha value is -2.42. The normalized spacial score (nSPS) is 9.24. The lowest BCUT2D eigenvalue weighted by molar-refractivity contribution is 0.538. The largest absolute Gasteiger partial charge is 0.421 e. The number of nitrogens with one attached hydrogen (secondary N) is 2. The molecule has 0 saturated heterocycles. The molecule has 3 heteroatoms. The lowest BCUT2D eigenvalue weighted by atomic mass is 10.2. The molecule has 0 aliphatic rings. The summed E-state index contributed by atoms with van der Waals surface area (Å²) in [5.74, 6) is -0.0288. The Labute approximate surface area is 126 Å². The number of ether oxygens (including phenoxy) is 1. The monoisotopic (exact) mass is 282 g/mol. The molecule has 0 radical (unpaired) electrons. The maximum Gasteiger partial charge on any atom is 0.221 e. The quantitative estimate of drug-likeness (QED) is 0.613. The molecule has 0 aliphatic carbocycles. The number of unbranched alkanes of at least 4 members (excludes halogenated alkanes) is 1. The van der Waals surface area contributed by atoms with Crippen molar-refractivity contribution in [1.29, 1.82) is 10.8 Å². The zero-order chi connectivity index (χ0) is 15.5. The van der Waals surface area contributed by atoms with Crippen molar-refractivity contribution >= 4 is 11.8 Å². The van der Waals surface area contributed by atoms with E-state index in [9.17, 15) is 0 Å². The minimum Gasteiger partial charge on any atom is -0.421 e. The lowest BCUT2D eigenvalue weighted by Gasteiger charge is -2.07. The van der Waals surface area contributed by atoms with E-state index in [-0.39, 0.29) is 11.8 Å². The highest BCUT2D eigenvalue weighted by Gasteiger charge is 2.07.